The second-order valence-electron chi connectivity index (χ2n) is 6.16. The zero-order chi connectivity index (χ0) is 13.3. The Hall–Kier alpha value is -0.510. The third kappa shape index (κ3) is 2.83. The summed E-state index contributed by atoms with van der Waals surface area (Å²) in [7, 11) is 2.10. The summed E-state index contributed by atoms with van der Waals surface area (Å²) in [6.07, 6.45) is 2.54. The Morgan fingerprint density at radius 2 is 2.05 bits per heavy atom. The van der Waals surface area contributed by atoms with Gasteiger partial charge in [0.15, 0.2) is 0 Å². The number of hydrogen-bond donors (Lipinski definition) is 1. The standard InChI is InChI=1S/C16H24N2S/c1-16(17-2)7-9-18(10-8-16)11-13-12-19-15-6-4-3-5-14(13)15/h3-6,13,17H,7-12H2,1-2H3. The van der Waals surface area contributed by atoms with Gasteiger partial charge in [-0.25, -0.2) is 0 Å². The maximum Gasteiger partial charge on any atom is 0.0174 e. The van der Waals surface area contributed by atoms with E-state index < -0.39 is 0 Å². The maximum absolute atomic E-state index is 3.48. The van der Waals surface area contributed by atoms with Crippen molar-refractivity contribution in [2.75, 3.05) is 32.4 Å². The molecule has 104 valence electrons. The molecule has 0 spiro atoms. The van der Waals surface area contributed by atoms with Crippen molar-refractivity contribution < 1.29 is 0 Å². The second-order valence-corrected chi connectivity index (χ2v) is 7.22. The van der Waals surface area contributed by atoms with E-state index in [1.165, 1.54) is 43.1 Å². The minimum atomic E-state index is 0.360. The molecule has 0 aliphatic carbocycles. The molecule has 3 heteroatoms. The lowest BCUT2D eigenvalue weighted by atomic mass is 9.89. The highest BCUT2D eigenvalue weighted by Gasteiger charge is 2.31. The lowest BCUT2D eigenvalue weighted by Gasteiger charge is -2.40. The molecular formula is C16H24N2S. The van der Waals surface area contributed by atoms with Crippen molar-refractivity contribution in [2.24, 2.45) is 0 Å². The van der Waals surface area contributed by atoms with Gasteiger partial charge in [0.05, 0.1) is 0 Å². The molecule has 0 aromatic heterocycles. The molecule has 2 nitrogen and oxygen atoms in total. The zero-order valence-electron chi connectivity index (χ0n) is 12.0. The molecule has 0 saturated carbocycles. The molecule has 0 radical (unpaired) electrons. The number of nitrogens with one attached hydrogen (secondary N) is 1. The molecule has 19 heavy (non-hydrogen) atoms. The van der Waals surface area contributed by atoms with Gasteiger partial charge in [0.2, 0.25) is 0 Å². The van der Waals surface area contributed by atoms with E-state index in [0.717, 1.165) is 5.92 Å². The van der Waals surface area contributed by atoms with E-state index in [9.17, 15) is 0 Å². The van der Waals surface area contributed by atoms with Gasteiger partial charge >= 0.3 is 0 Å². The lowest BCUT2D eigenvalue weighted by molar-refractivity contribution is 0.147. The predicted molar refractivity (Wildman–Crippen MR) is 83.0 cm³/mol. The summed E-state index contributed by atoms with van der Waals surface area (Å²) >= 11 is 2.03. The van der Waals surface area contributed by atoms with Crippen LogP contribution in [0.15, 0.2) is 29.2 Å². The van der Waals surface area contributed by atoms with Gasteiger partial charge in [-0.1, -0.05) is 18.2 Å². The number of likely N-dealkylation sites (tertiary alicyclic amines) is 1. The first kappa shape index (κ1) is 13.5. The first-order valence-corrected chi connectivity index (χ1v) is 8.32. The summed E-state index contributed by atoms with van der Waals surface area (Å²) in [6, 6.07) is 8.94. The second kappa shape index (κ2) is 5.47. The number of rotatable bonds is 3. The summed E-state index contributed by atoms with van der Waals surface area (Å²) in [4.78, 5) is 4.16. The van der Waals surface area contributed by atoms with Crippen LogP contribution >= 0.6 is 11.8 Å². The highest BCUT2D eigenvalue weighted by molar-refractivity contribution is 7.99. The van der Waals surface area contributed by atoms with E-state index in [-0.39, 0.29) is 0 Å². The maximum atomic E-state index is 3.48. The van der Waals surface area contributed by atoms with Gasteiger partial charge < -0.3 is 10.2 Å². The molecule has 0 amide bonds. The van der Waals surface area contributed by atoms with Crippen molar-refractivity contribution in [1.82, 2.24) is 10.2 Å². The summed E-state index contributed by atoms with van der Waals surface area (Å²) in [5, 5.41) is 3.48. The molecule has 1 aromatic rings. The number of hydrogen-bond acceptors (Lipinski definition) is 3. The summed E-state index contributed by atoms with van der Waals surface area (Å²) in [5.74, 6) is 2.00. The van der Waals surface area contributed by atoms with Gasteiger partial charge in [-0.15, -0.1) is 11.8 Å². The summed E-state index contributed by atoms with van der Waals surface area (Å²) < 4.78 is 0. The van der Waals surface area contributed by atoms with Gasteiger partial charge in [-0.2, -0.15) is 0 Å². The third-order valence-corrected chi connectivity index (χ3v) is 6.09. The van der Waals surface area contributed by atoms with E-state index in [0.29, 0.717) is 5.54 Å². The first-order chi connectivity index (χ1) is 9.20. The lowest BCUT2D eigenvalue weighted by Crippen LogP contribution is -2.50. The van der Waals surface area contributed by atoms with Crippen molar-refractivity contribution in [1.29, 1.82) is 0 Å². The summed E-state index contributed by atoms with van der Waals surface area (Å²) in [5.41, 5.74) is 1.94. The van der Waals surface area contributed by atoms with Gasteiger partial charge in [-0.3, -0.25) is 0 Å². The molecule has 1 atom stereocenters. The van der Waals surface area contributed by atoms with Crippen LogP contribution in [-0.2, 0) is 0 Å². The molecule has 1 N–H and O–H groups in total. The van der Waals surface area contributed by atoms with Crippen LogP contribution < -0.4 is 5.32 Å². The minimum absolute atomic E-state index is 0.360. The molecule has 2 aliphatic heterocycles. The van der Waals surface area contributed by atoms with Crippen molar-refractivity contribution in [3.63, 3.8) is 0 Å². The van der Waals surface area contributed by atoms with E-state index in [4.69, 9.17) is 0 Å². The number of piperidine rings is 1. The van der Waals surface area contributed by atoms with Crippen LogP contribution in [0.5, 0.6) is 0 Å². The topological polar surface area (TPSA) is 15.3 Å². The average molecular weight is 276 g/mol. The number of thioether (sulfide) groups is 1. The van der Waals surface area contributed by atoms with Crippen LogP contribution in [0, 0.1) is 0 Å². The highest BCUT2D eigenvalue weighted by Crippen LogP contribution is 2.40. The Bertz CT molecular complexity index is 438. The van der Waals surface area contributed by atoms with Crippen molar-refractivity contribution in [2.45, 2.75) is 36.1 Å². The van der Waals surface area contributed by atoms with E-state index in [1.54, 1.807) is 5.56 Å². The van der Waals surface area contributed by atoms with Gasteiger partial charge in [-0.05, 0) is 51.5 Å². The fourth-order valence-corrected chi connectivity index (χ4v) is 4.41. The SMILES string of the molecule is CNC1(C)CCN(CC2CSc3ccccc32)CC1. The van der Waals surface area contributed by atoms with Crippen LogP contribution in [0.2, 0.25) is 0 Å². The molecule has 1 saturated heterocycles. The third-order valence-electron chi connectivity index (χ3n) is 4.84. The molecule has 0 bridgehead atoms. The molecule has 2 heterocycles. The number of nitrogens with zero attached hydrogens (tertiary/aromatic N) is 1. The average Bonchev–Trinajstić information content (AvgIpc) is 2.85. The fraction of sp³-hybridized carbons (Fsp3) is 0.625. The zero-order valence-corrected chi connectivity index (χ0v) is 12.8. The van der Waals surface area contributed by atoms with Gasteiger partial charge in [0.1, 0.15) is 0 Å². The van der Waals surface area contributed by atoms with E-state index in [2.05, 4.69) is 48.5 Å². The molecule has 1 aromatic carbocycles. The van der Waals surface area contributed by atoms with Crippen molar-refractivity contribution in [3.05, 3.63) is 29.8 Å². The van der Waals surface area contributed by atoms with E-state index >= 15 is 0 Å². The first-order valence-electron chi connectivity index (χ1n) is 7.33. The van der Waals surface area contributed by atoms with Crippen LogP contribution in [0.3, 0.4) is 0 Å². The van der Waals surface area contributed by atoms with Gasteiger partial charge in [0, 0.05) is 28.6 Å². The number of benzene rings is 1. The molecular weight excluding hydrogens is 252 g/mol. The molecule has 1 fully saturated rings. The Kier molecular flexibility index (Phi) is 3.88. The fourth-order valence-electron chi connectivity index (χ4n) is 3.17. The molecule has 3 rings (SSSR count). The van der Waals surface area contributed by atoms with Crippen LogP contribution in [0.25, 0.3) is 0 Å². The summed E-state index contributed by atoms with van der Waals surface area (Å²) in [6.45, 7) is 6.07. The van der Waals surface area contributed by atoms with E-state index in [1.807, 2.05) is 11.8 Å². The van der Waals surface area contributed by atoms with Crippen LogP contribution in [-0.4, -0.2) is 42.9 Å². The Balaban J connectivity index is 1.59. The highest BCUT2D eigenvalue weighted by atomic mass is 32.2. The van der Waals surface area contributed by atoms with Crippen molar-refractivity contribution >= 4 is 11.8 Å². The monoisotopic (exact) mass is 276 g/mol. The Labute approximate surface area is 121 Å². The Morgan fingerprint density at radius 3 is 2.79 bits per heavy atom. The van der Waals surface area contributed by atoms with Crippen LogP contribution in [0.1, 0.15) is 31.2 Å². The molecule has 2 aliphatic rings. The van der Waals surface area contributed by atoms with Crippen LogP contribution in [0.4, 0.5) is 0 Å². The van der Waals surface area contributed by atoms with Gasteiger partial charge in [0.25, 0.3) is 0 Å². The quantitative estimate of drug-likeness (QED) is 0.914. The largest absolute Gasteiger partial charge is 0.314 e. The minimum Gasteiger partial charge on any atom is -0.314 e. The smallest absolute Gasteiger partial charge is 0.0174 e. The molecule has 1 unspecified atom stereocenters. The normalized spacial score (nSPS) is 26.3. The Morgan fingerprint density at radius 1 is 1.32 bits per heavy atom. The number of fused-ring (bicyclic) bond motifs is 1. The predicted octanol–water partition coefficient (Wildman–Crippen LogP) is 2.95. The van der Waals surface area contributed by atoms with Crippen molar-refractivity contribution in [3.8, 4) is 0 Å².